The van der Waals surface area contributed by atoms with Gasteiger partial charge < -0.3 is 14.8 Å². The van der Waals surface area contributed by atoms with Crippen molar-refractivity contribution in [1.29, 1.82) is 5.26 Å². The Bertz CT molecular complexity index is 844. The van der Waals surface area contributed by atoms with E-state index in [9.17, 15) is 14.0 Å². The zero-order valence-corrected chi connectivity index (χ0v) is 14.3. The normalized spacial score (nSPS) is 11.2. The first-order valence-electron chi connectivity index (χ1n) is 7.78. The lowest BCUT2D eigenvalue weighted by Crippen LogP contribution is -2.29. The van der Waals surface area contributed by atoms with Crippen molar-refractivity contribution < 1.29 is 23.5 Å². The van der Waals surface area contributed by atoms with E-state index in [4.69, 9.17) is 14.7 Å². The number of anilines is 1. The fraction of sp³-hybridized carbons (Fsp3) is 0.211. The molecule has 0 aromatic heterocycles. The van der Waals surface area contributed by atoms with Crippen molar-refractivity contribution in [2.45, 2.75) is 20.0 Å². The molecule has 0 bridgehead atoms. The quantitative estimate of drug-likeness (QED) is 0.804. The highest BCUT2D eigenvalue weighted by molar-refractivity contribution is 5.93. The van der Waals surface area contributed by atoms with Crippen LogP contribution >= 0.6 is 0 Å². The predicted octanol–water partition coefficient (Wildman–Crippen LogP) is 2.96. The average Bonchev–Trinajstić information content (AvgIpc) is 2.63. The number of esters is 1. The van der Waals surface area contributed by atoms with Crippen molar-refractivity contribution >= 4 is 17.6 Å². The summed E-state index contributed by atoms with van der Waals surface area (Å²) in [5.41, 5.74) is 1.20. The smallest absolute Gasteiger partial charge is 0.347 e. The molecule has 0 aliphatic rings. The topological polar surface area (TPSA) is 88.4 Å². The van der Waals surface area contributed by atoms with E-state index in [2.05, 4.69) is 5.32 Å². The van der Waals surface area contributed by atoms with Crippen LogP contribution in [0.3, 0.4) is 0 Å². The van der Waals surface area contributed by atoms with E-state index < -0.39 is 30.4 Å². The van der Waals surface area contributed by atoms with Gasteiger partial charge in [0.1, 0.15) is 11.6 Å². The highest BCUT2D eigenvalue weighted by atomic mass is 19.1. The molecule has 6 nitrogen and oxygen atoms in total. The lowest BCUT2D eigenvalue weighted by atomic mass is 10.2. The first-order chi connectivity index (χ1) is 12.4. The summed E-state index contributed by atoms with van der Waals surface area (Å²) < 4.78 is 23.7. The minimum atomic E-state index is -0.937. The number of carbonyl (C=O) groups excluding carboxylic acids is 2. The van der Waals surface area contributed by atoms with E-state index in [1.807, 2.05) is 6.07 Å². The van der Waals surface area contributed by atoms with Gasteiger partial charge in [-0.1, -0.05) is 6.07 Å². The Hall–Kier alpha value is -3.40. The molecule has 7 heteroatoms. The molecule has 0 fully saturated rings. The molecule has 2 aromatic rings. The number of nitriles is 1. The second-order valence-corrected chi connectivity index (χ2v) is 5.52. The SMILES string of the molecule is Cc1ccc(NC(=O)COC(=O)[C@@H](C)Oc2ccc(C#N)cc2)cc1F. The molecular weight excluding hydrogens is 339 g/mol. The van der Waals surface area contributed by atoms with Crippen LogP contribution in [0.2, 0.25) is 0 Å². The Kier molecular flexibility index (Phi) is 6.28. The zero-order valence-electron chi connectivity index (χ0n) is 14.3. The van der Waals surface area contributed by atoms with Gasteiger partial charge in [-0.05, 0) is 55.8 Å². The molecule has 2 aromatic carbocycles. The molecule has 1 atom stereocenters. The molecule has 0 saturated heterocycles. The van der Waals surface area contributed by atoms with Gasteiger partial charge in [-0.3, -0.25) is 4.79 Å². The van der Waals surface area contributed by atoms with Crippen molar-refractivity contribution in [2.75, 3.05) is 11.9 Å². The third-order valence-corrected chi connectivity index (χ3v) is 3.43. The van der Waals surface area contributed by atoms with Crippen LogP contribution in [0.5, 0.6) is 5.75 Å². The van der Waals surface area contributed by atoms with Crippen LogP contribution in [-0.2, 0) is 14.3 Å². The third-order valence-electron chi connectivity index (χ3n) is 3.43. The van der Waals surface area contributed by atoms with Gasteiger partial charge in [-0.2, -0.15) is 5.26 Å². The number of nitrogens with zero attached hydrogens (tertiary/aromatic N) is 1. The molecule has 2 rings (SSSR count). The van der Waals surface area contributed by atoms with Crippen LogP contribution < -0.4 is 10.1 Å². The number of hydrogen-bond donors (Lipinski definition) is 1. The number of halogens is 1. The molecule has 0 aliphatic heterocycles. The van der Waals surface area contributed by atoms with E-state index in [1.165, 1.54) is 19.1 Å². The average molecular weight is 356 g/mol. The molecule has 0 saturated carbocycles. The first kappa shape index (κ1) is 18.9. The van der Waals surface area contributed by atoms with Gasteiger partial charge in [0.15, 0.2) is 12.7 Å². The predicted molar refractivity (Wildman–Crippen MR) is 92.0 cm³/mol. The molecule has 0 radical (unpaired) electrons. The van der Waals surface area contributed by atoms with E-state index in [0.717, 1.165) is 0 Å². The minimum Gasteiger partial charge on any atom is -0.479 e. The Morgan fingerprint density at radius 1 is 1.23 bits per heavy atom. The Morgan fingerprint density at radius 3 is 2.54 bits per heavy atom. The fourth-order valence-electron chi connectivity index (χ4n) is 1.98. The molecule has 0 heterocycles. The number of ether oxygens (including phenoxy) is 2. The Morgan fingerprint density at radius 2 is 1.92 bits per heavy atom. The summed E-state index contributed by atoms with van der Waals surface area (Å²) in [5, 5.41) is 11.2. The third kappa shape index (κ3) is 5.31. The van der Waals surface area contributed by atoms with Crippen molar-refractivity contribution in [3.05, 3.63) is 59.4 Å². The maximum atomic E-state index is 13.4. The van der Waals surface area contributed by atoms with Gasteiger partial charge in [0.2, 0.25) is 0 Å². The summed E-state index contributed by atoms with van der Waals surface area (Å²) in [6.45, 7) is 2.57. The minimum absolute atomic E-state index is 0.274. The van der Waals surface area contributed by atoms with E-state index in [1.54, 1.807) is 37.3 Å². The number of benzene rings is 2. The monoisotopic (exact) mass is 356 g/mol. The van der Waals surface area contributed by atoms with Crippen LogP contribution in [-0.4, -0.2) is 24.6 Å². The standard InChI is InChI=1S/C19H17FN2O4/c1-12-3-6-15(9-17(12)20)22-18(23)11-25-19(24)13(2)26-16-7-4-14(10-21)5-8-16/h3-9,13H,11H2,1-2H3,(H,22,23)/t13-/m1/s1. The van der Waals surface area contributed by atoms with Gasteiger partial charge in [-0.15, -0.1) is 0 Å². The van der Waals surface area contributed by atoms with Crippen LogP contribution in [0.4, 0.5) is 10.1 Å². The maximum Gasteiger partial charge on any atom is 0.347 e. The number of amides is 1. The summed E-state index contributed by atoms with van der Waals surface area (Å²) in [7, 11) is 0. The first-order valence-corrected chi connectivity index (χ1v) is 7.78. The molecule has 0 unspecified atom stereocenters. The van der Waals surface area contributed by atoms with Gasteiger partial charge in [0.05, 0.1) is 11.6 Å². The summed E-state index contributed by atoms with van der Waals surface area (Å²) in [6, 6.07) is 12.5. The van der Waals surface area contributed by atoms with E-state index in [-0.39, 0.29) is 5.69 Å². The number of nitrogens with one attached hydrogen (secondary N) is 1. The van der Waals surface area contributed by atoms with Crippen LogP contribution in [0, 0.1) is 24.1 Å². The molecule has 0 spiro atoms. The van der Waals surface area contributed by atoms with E-state index in [0.29, 0.717) is 16.9 Å². The van der Waals surface area contributed by atoms with Crippen molar-refractivity contribution in [1.82, 2.24) is 0 Å². The van der Waals surface area contributed by atoms with Crippen LogP contribution in [0.1, 0.15) is 18.1 Å². The number of rotatable bonds is 6. The number of carbonyl (C=O) groups is 2. The van der Waals surface area contributed by atoms with Crippen LogP contribution in [0.15, 0.2) is 42.5 Å². The maximum absolute atomic E-state index is 13.4. The van der Waals surface area contributed by atoms with Crippen molar-refractivity contribution in [3.8, 4) is 11.8 Å². The largest absolute Gasteiger partial charge is 0.479 e. The highest BCUT2D eigenvalue weighted by Crippen LogP contribution is 2.15. The van der Waals surface area contributed by atoms with Gasteiger partial charge in [-0.25, -0.2) is 9.18 Å². The molecule has 26 heavy (non-hydrogen) atoms. The Labute approximate surface area is 150 Å². The highest BCUT2D eigenvalue weighted by Gasteiger charge is 2.18. The number of hydrogen-bond acceptors (Lipinski definition) is 5. The molecule has 0 aliphatic carbocycles. The van der Waals surface area contributed by atoms with Gasteiger partial charge in [0.25, 0.3) is 5.91 Å². The number of aryl methyl sites for hydroxylation is 1. The molecule has 134 valence electrons. The second-order valence-electron chi connectivity index (χ2n) is 5.52. The molecule has 1 N–H and O–H groups in total. The van der Waals surface area contributed by atoms with E-state index >= 15 is 0 Å². The lowest BCUT2D eigenvalue weighted by molar-refractivity contribution is -0.153. The summed E-state index contributed by atoms with van der Waals surface area (Å²) in [6.07, 6.45) is -0.937. The van der Waals surface area contributed by atoms with Gasteiger partial charge >= 0.3 is 5.97 Å². The molecular formula is C19H17FN2O4. The van der Waals surface area contributed by atoms with Crippen LogP contribution in [0.25, 0.3) is 0 Å². The second kappa shape index (κ2) is 8.62. The van der Waals surface area contributed by atoms with Gasteiger partial charge in [0, 0.05) is 5.69 Å². The summed E-state index contributed by atoms with van der Waals surface area (Å²) in [5.74, 6) is -1.36. The summed E-state index contributed by atoms with van der Waals surface area (Å²) >= 11 is 0. The van der Waals surface area contributed by atoms with Crippen molar-refractivity contribution in [2.24, 2.45) is 0 Å². The zero-order chi connectivity index (χ0) is 19.1. The molecule has 1 amide bonds. The van der Waals surface area contributed by atoms with Crippen molar-refractivity contribution in [3.63, 3.8) is 0 Å². The fourth-order valence-corrected chi connectivity index (χ4v) is 1.98. The lowest BCUT2D eigenvalue weighted by Gasteiger charge is -2.14. The Balaban J connectivity index is 1.81. The summed E-state index contributed by atoms with van der Waals surface area (Å²) in [4.78, 5) is 23.7.